The van der Waals surface area contributed by atoms with Crippen molar-refractivity contribution in [2.24, 2.45) is 0 Å². The summed E-state index contributed by atoms with van der Waals surface area (Å²) in [5.41, 5.74) is 6.60. The molecule has 0 aliphatic carbocycles. The maximum atomic E-state index is 13.1. The van der Waals surface area contributed by atoms with E-state index < -0.39 is 48.7 Å². The number of carbonyl (C=O) groups is 2. The molecule has 5 atom stereocenters. The summed E-state index contributed by atoms with van der Waals surface area (Å²) in [6.45, 7) is -0.412. The summed E-state index contributed by atoms with van der Waals surface area (Å²) in [6.07, 6.45) is -4.05. The van der Waals surface area contributed by atoms with Gasteiger partial charge in [-0.2, -0.15) is 9.97 Å². The van der Waals surface area contributed by atoms with E-state index >= 15 is 0 Å². The van der Waals surface area contributed by atoms with Gasteiger partial charge in [0.1, 0.15) is 23.8 Å². The van der Waals surface area contributed by atoms with Crippen LogP contribution in [0.25, 0.3) is 22.3 Å². The van der Waals surface area contributed by atoms with Crippen LogP contribution < -0.4 is 5.73 Å². The Bertz CT molecular complexity index is 1900. The molecule has 0 bridgehead atoms. The number of ether oxygens (including phenoxy) is 2. The van der Waals surface area contributed by atoms with Gasteiger partial charge >= 0.3 is 11.9 Å². The number of hydrogen-bond donors (Lipinski definition) is 5. The molecule has 46 heavy (non-hydrogen) atoms. The van der Waals surface area contributed by atoms with Gasteiger partial charge < -0.3 is 35.6 Å². The number of aliphatic hydroxyl groups is 2. The van der Waals surface area contributed by atoms with Crippen molar-refractivity contribution in [1.82, 2.24) is 19.5 Å². The highest BCUT2D eigenvalue weighted by molar-refractivity contribution is 6.28. The molecule has 0 radical (unpaired) electrons. The molecule has 0 saturated carbocycles. The zero-order chi connectivity index (χ0) is 32.6. The summed E-state index contributed by atoms with van der Waals surface area (Å²) >= 11 is 5.97. The Morgan fingerprint density at radius 3 is 2.35 bits per heavy atom. The van der Waals surface area contributed by atoms with Crippen molar-refractivity contribution in [2.45, 2.75) is 36.6 Å². The van der Waals surface area contributed by atoms with E-state index in [4.69, 9.17) is 26.8 Å². The predicted octanol–water partition coefficient (Wildman–Crippen LogP) is 3.29. The van der Waals surface area contributed by atoms with Crippen LogP contribution in [0.1, 0.15) is 27.7 Å². The van der Waals surface area contributed by atoms with Crippen LogP contribution in [0.3, 0.4) is 0 Å². The van der Waals surface area contributed by atoms with E-state index in [1.165, 1.54) is 17.0 Å². The number of fused-ring (bicyclic) bond motifs is 1. The molecule has 1 fully saturated rings. The maximum absolute atomic E-state index is 13.1. The lowest BCUT2D eigenvalue weighted by molar-refractivity contribution is -0.176. The summed E-state index contributed by atoms with van der Waals surface area (Å²) in [6, 6.07) is 21.8. The Labute approximate surface area is 266 Å². The molecule has 1 aliphatic rings. The minimum Gasteiger partial charge on any atom is -0.479 e. The normalized spacial score (nSPS) is 20.8. The summed E-state index contributed by atoms with van der Waals surface area (Å²) in [7, 11) is 0. The van der Waals surface area contributed by atoms with Gasteiger partial charge in [-0.05, 0) is 39.9 Å². The number of nitrogens with zero attached hydrogens (tertiary/aromatic N) is 4. The Morgan fingerprint density at radius 2 is 1.65 bits per heavy atom. The second kappa shape index (κ2) is 12.5. The summed E-state index contributed by atoms with van der Waals surface area (Å²) in [4.78, 5) is 36.9. The van der Waals surface area contributed by atoms with E-state index in [0.717, 1.165) is 0 Å². The maximum Gasteiger partial charge on any atom is 0.341 e. The Morgan fingerprint density at radius 1 is 0.957 bits per heavy atom. The second-order valence-electron chi connectivity index (χ2n) is 10.8. The molecule has 1 aliphatic heterocycles. The number of aromatic nitrogens is 4. The van der Waals surface area contributed by atoms with Crippen LogP contribution in [-0.2, 0) is 26.3 Å². The van der Waals surface area contributed by atoms with Gasteiger partial charge in [0.15, 0.2) is 23.3 Å². The third-order valence-electron chi connectivity index (χ3n) is 7.99. The fraction of sp³-hybridized carbons (Fsp3) is 0.219. The molecule has 236 valence electrons. The van der Waals surface area contributed by atoms with Crippen LogP contribution in [0.15, 0.2) is 85.2 Å². The van der Waals surface area contributed by atoms with Crippen molar-refractivity contribution in [3.63, 3.8) is 0 Å². The van der Waals surface area contributed by atoms with Crippen molar-refractivity contribution in [1.29, 1.82) is 0 Å². The van der Waals surface area contributed by atoms with Crippen LogP contribution >= 0.6 is 11.6 Å². The minimum atomic E-state index is -1.93. The highest BCUT2D eigenvalue weighted by Crippen LogP contribution is 2.36. The van der Waals surface area contributed by atoms with Gasteiger partial charge in [-0.15, -0.1) is 0 Å². The average molecular weight is 646 g/mol. The van der Waals surface area contributed by atoms with Crippen molar-refractivity contribution in [3.8, 4) is 11.1 Å². The summed E-state index contributed by atoms with van der Waals surface area (Å²) in [5.74, 6) is -2.32. The smallest absolute Gasteiger partial charge is 0.341 e. The number of nitrogen functional groups attached to an aromatic ring is 1. The van der Waals surface area contributed by atoms with Crippen molar-refractivity contribution >= 4 is 40.5 Å². The second-order valence-corrected chi connectivity index (χ2v) is 11.1. The first kappa shape index (κ1) is 31.1. The topological polar surface area (TPSA) is 203 Å². The molecule has 5 aromatic rings. The molecule has 1 saturated heterocycles. The molecule has 0 spiro atoms. The van der Waals surface area contributed by atoms with Gasteiger partial charge in [-0.1, -0.05) is 72.8 Å². The monoisotopic (exact) mass is 645 g/mol. The molecular formula is C32H28ClN5O8. The lowest BCUT2D eigenvalue weighted by Crippen LogP contribution is -2.44. The number of imidazole rings is 1. The molecule has 0 unspecified atom stereocenters. The number of aliphatic carboxylic acids is 1. The SMILES string of the molecule is Nc1nc(Cl)nc2c1ncn2[C@@H]1O[C@H](CO[C@@](Cc2ccc(-c3ccccc3C(=O)O)cc2)(C(=O)O)c2ccccc2)[C@@H](O)[C@H]1O. The number of aromatic carboxylic acids is 1. The fourth-order valence-corrected chi connectivity index (χ4v) is 5.80. The van der Waals surface area contributed by atoms with Crippen molar-refractivity contribution < 1.29 is 39.5 Å². The number of carboxylic acids is 2. The van der Waals surface area contributed by atoms with Gasteiger partial charge in [-0.25, -0.2) is 14.6 Å². The number of aliphatic hydroxyl groups excluding tert-OH is 2. The number of halogens is 1. The molecule has 0 amide bonds. The molecule has 13 nitrogen and oxygen atoms in total. The molecule has 3 aromatic carbocycles. The van der Waals surface area contributed by atoms with Crippen LogP contribution in [0.5, 0.6) is 0 Å². The number of anilines is 1. The summed E-state index contributed by atoms with van der Waals surface area (Å²) in [5, 5.41) is 42.0. The van der Waals surface area contributed by atoms with E-state index in [1.54, 1.807) is 72.8 Å². The quantitative estimate of drug-likeness (QED) is 0.139. The summed E-state index contributed by atoms with van der Waals surface area (Å²) < 4.78 is 13.5. The first-order valence-corrected chi connectivity index (χ1v) is 14.5. The molecule has 14 heteroatoms. The molecule has 3 heterocycles. The molecule has 6 rings (SSSR count). The van der Waals surface area contributed by atoms with E-state index in [1.807, 2.05) is 0 Å². The average Bonchev–Trinajstić information content (AvgIpc) is 3.59. The Kier molecular flexibility index (Phi) is 8.42. The predicted molar refractivity (Wildman–Crippen MR) is 165 cm³/mol. The van der Waals surface area contributed by atoms with Crippen LogP contribution in [0.2, 0.25) is 5.28 Å². The van der Waals surface area contributed by atoms with Crippen LogP contribution in [0, 0.1) is 0 Å². The van der Waals surface area contributed by atoms with E-state index in [9.17, 15) is 30.0 Å². The Balaban J connectivity index is 1.28. The van der Waals surface area contributed by atoms with Gasteiger partial charge in [0.2, 0.25) is 5.28 Å². The standard InChI is InChI=1S/C32H28ClN5O8/c33-31-36-26(34)23-27(37-31)38(16-35-23)28-25(40)24(39)22(46-28)15-45-32(30(43)44,19-6-2-1-3-7-19)14-17-10-12-18(13-11-17)20-8-4-5-9-21(20)29(41)42/h1-13,16,22,24-25,28,39-40H,14-15H2,(H,41,42)(H,43,44)(H2,34,36,37)/t22-,24-,25-,28-,32-/m1/s1. The largest absolute Gasteiger partial charge is 0.479 e. The Hall–Kier alpha value is -4.92. The first-order chi connectivity index (χ1) is 22.1. The number of hydrogen-bond acceptors (Lipinski definition) is 10. The van der Waals surface area contributed by atoms with Crippen molar-refractivity contribution in [3.05, 3.63) is 107 Å². The van der Waals surface area contributed by atoms with E-state index in [2.05, 4.69) is 15.0 Å². The minimum absolute atomic E-state index is 0.0231. The molecular weight excluding hydrogens is 618 g/mol. The van der Waals surface area contributed by atoms with Crippen LogP contribution in [0.4, 0.5) is 5.82 Å². The van der Waals surface area contributed by atoms with E-state index in [-0.39, 0.29) is 34.2 Å². The zero-order valence-corrected chi connectivity index (χ0v) is 24.7. The zero-order valence-electron chi connectivity index (χ0n) is 24.0. The third-order valence-corrected chi connectivity index (χ3v) is 8.16. The lowest BCUT2D eigenvalue weighted by atomic mass is 9.86. The van der Waals surface area contributed by atoms with Crippen LogP contribution in [-0.4, -0.2) is 76.8 Å². The first-order valence-electron chi connectivity index (χ1n) is 14.1. The number of nitrogens with two attached hydrogens (primary N) is 1. The van der Waals surface area contributed by atoms with Gasteiger partial charge in [0, 0.05) is 6.42 Å². The number of benzene rings is 3. The fourth-order valence-electron chi connectivity index (χ4n) is 5.63. The lowest BCUT2D eigenvalue weighted by Gasteiger charge is -2.32. The van der Waals surface area contributed by atoms with Gasteiger partial charge in [0.25, 0.3) is 0 Å². The molecule has 6 N–H and O–H groups in total. The number of rotatable bonds is 10. The molecule has 2 aromatic heterocycles. The van der Waals surface area contributed by atoms with Crippen molar-refractivity contribution in [2.75, 3.05) is 12.3 Å². The van der Waals surface area contributed by atoms with E-state index in [0.29, 0.717) is 22.3 Å². The highest BCUT2D eigenvalue weighted by Gasteiger charge is 2.48. The highest BCUT2D eigenvalue weighted by atomic mass is 35.5. The van der Waals surface area contributed by atoms with Gasteiger partial charge in [-0.3, -0.25) is 4.57 Å². The van der Waals surface area contributed by atoms with Gasteiger partial charge in [0.05, 0.1) is 18.5 Å². The third kappa shape index (κ3) is 5.66. The number of carboxylic acid groups (broad SMARTS) is 2.